The van der Waals surface area contributed by atoms with Crippen molar-refractivity contribution in [1.82, 2.24) is 9.97 Å². The minimum atomic E-state index is -4.47. The molecule has 6 rings (SSSR count). The minimum Gasteiger partial charge on any atom is -0.511 e. The summed E-state index contributed by atoms with van der Waals surface area (Å²) in [6.45, 7) is 16.4. The third-order valence-electron chi connectivity index (χ3n) is 11.2. The average Bonchev–Trinajstić information content (AvgIpc) is 3.15. The molecule has 54 heavy (non-hydrogen) atoms. The topological polar surface area (TPSA) is 67.4 Å². The van der Waals surface area contributed by atoms with Crippen LogP contribution in [0, 0.1) is 30.7 Å². The summed E-state index contributed by atoms with van der Waals surface area (Å²) in [6.07, 6.45) is 3.79. The maximum atomic E-state index is 13.6. The van der Waals surface area contributed by atoms with Gasteiger partial charge in [0, 0.05) is 43.3 Å². The number of ketones is 1. The number of halogens is 3. The fourth-order valence-electron chi connectivity index (χ4n) is 6.76. The van der Waals surface area contributed by atoms with Gasteiger partial charge in [0.15, 0.2) is 0 Å². The molecule has 4 nitrogen and oxygen atoms in total. The van der Waals surface area contributed by atoms with Gasteiger partial charge in [-0.3, -0.25) is 9.78 Å². The van der Waals surface area contributed by atoms with Crippen molar-refractivity contribution in [3.05, 3.63) is 120 Å². The first kappa shape index (κ1) is 42.4. The van der Waals surface area contributed by atoms with Gasteiger partial charge in [-0.25, -0.2) is 0 Å². The zero-order valence-corrected chi connectivity index (χ0v) is 34.6. The Balaban J connectivity index is 0.000000309. The molecular weight excluding hydrogens is 862 g/mol. The molecule has 1 radical (unpaired) electrons. The molecule has 0 aliphatic heterocycles. The monoisotopic (exact) mass is 911 g/mol. The van der Waals surface area contributed by atoms with E-state index >= 15 is 0 Å². The summed E-state index contributed by atoms with van der Waals surface area (Å²) in [7, 11) is 0. The molecule has 0 fully saturated rings. The van der Waals surface area contributed by atoms with Gasteiger partial charge in [0.2, 0.25) is 0 Å². The molecule has 6 aromatic rings. The molecule has 0 aliphatic rings. The molecule has 4 aromatic carbocycles. The van der Waals surface area contributed by atoms with Crippen LogP contribution in [-0.2, 0) is 26.3 Å². The molecule has 2 N–H and O–H groups in total. The maximum Gasteiger partial charge on any atom is 0.418 e. The van der Waals surface area contributed by atoms with Crippen molar-refractivity contribution in [3.8, 4) is 22.4 Å². The Kier molecular flexibility index (Phi) is 13.3. The standard InChI is InChI=1S/C31H20F3N2.C15H28O2.Ir/c1-18-14-19(2)16-22(15-18)29-27-8-6-20-17-21(5-7-23(20)25(27)11-13-36-29)24-9-10-28(31(32,33)34)30-26(24)4-3-12-35-30;1-7-14(5,8-2)12(16)11-13(17)15(6,9-3)10-4;/h3-15,17H,1-2H3;11,16H,7-10H2,1-6H3;/q-1;;/p+1/b;12-11-;. The van der Waals surface area contributed by atoms with Crippen LogP contribution in [0.25, 0.3) is 54.8 Å². The summed E-state index contributed by atoms with van der Waals surface area (Å²) in [4.78, 5) is 18.9. The number of allylic oxidation sites excluding steroid dienone is 2. The molecule has 0 bridgehead atoms. The van der Waals surface area contributed by atoms with Crippen LogP contribution in [0.3, 0.4) is 0 Å². The van der Waals surface area contributed by atoms with E-state index in [0.29, 0.717) is 22.5 Å². The van der Waals surface area contributed by atoms with Crippen LogP contribution in [0.2, 0.25) is 0 Å². The average molecular weight is 911 g/mol. The second kappa shape index (κ2) is 17.0. The number of carbonyl (C=O) groups excluding carboxylic acids is 1. The number of hydrogen-bond donors (Lipinski definition) is 1. The fourth-order valence-corrected chi connectivity index (χ4v) is 6.76. The van der Waals surface area contributed by atoms with E-state index in [2.05, 4.69) is 68.9 Å². The third kappa shape index (κ3) is 8.61. The van der Waals surface area contributed by atoms with Gasteiger partial charge >= 0.3 is 12.0 Å². The van der Waals surface area contributed by atoms with Gasteiger partial charge in [-0.05, 0) is 95.2 Å². The summed E-state index contributed by atoms with van der Waals surface area (Å²) in [5.41, 5.74) is 4.39. The summed E-state index contributed by atoms with van der Waals surface area (Å²) >= 11 is 0. The molecule has 0 atom stereocenters. The SMILES string of the molecule is CCC(C)(CC)C(=[OH+])/C=C(\O)C(C)(CC)CC.Cc1[c-]c(-c2nccc3c2ccc2cc(-c4ccc(C(F)(F)F)c5ncccc45)ccc23)cc(C)c1.[Ir]. The molecule has 0 saturated heterocycles. The predicted octanol–water partition coefficient (Wildman–Crippen LogP) is 13.3. The number of aliphatic hydroxyl groups is 1. The van der Waals surface area contributed by atoms with Crippen LogP contribution >= 0.6 is 0 Å². The number of benzene rings is 4. The quantitative estimate of drug-likeness (QED) is 0.0517. The molecule has 0 spiro atoms. The number of hydrogen-bond acceptors (Lipinski definition) is 3. The van der Waals surface area contributed by atoms with Gasteiger partial charge in [-0.1, -0.05) is 84.9 Å². The van der Waals surface area contributed by atoms with Crippen LogP contribution in [0.5, 0.6) is 0 Å². The normalized spacial score (nSPS) is 12.4. The van der Waals surface area contributed by atoms with E-state index in [0.717, 1.165) is 81.2 Å². The van der Waals surface area contributed by atoms with Crippen molar-refractivity contribution in [2.24, 2.45) is 10.8 Å². The maximum absolute atomic E-state index is 13.6. The number of pyridine rings is 2. The van der Waals surface area contributed by atoms with E-state index < -0.39 is 11.7 Å². The first-order valence-corrected chi connectivity index (χ1v) is 18.3. The fraction of sp³-hybridized carbons (Fsp3) is 0.326. The number of aromatic nitrogens is 2. The van der Waals surface area contributed by atoms with Gasteiger partial charge in [0.25, 0.3) is 0 Å². The van der Waals surface area contributed by atoms with Gasteiger partial charge in [0.1, 0.15) is 5.76 Å². The van der Waals surface area contributed by atoms with E-state index in [9.17, 15) is 23.1 Å². The van der Waals surface area contributed by atoms with Crippen LogP contribution in [0.15, 0.2) is 97.0 Å². The Bertz CT molecular complexity index is 2300. The van der Waals surface area contributed by atoms with Crippen molar-refractivity contribution >= 4 is 38.2 Å². The van der Waals surface area contributed by atoms with Crippen LogP contribution < -0.4 is 0 Å². The second-order valence-corrected chi connectivity index (χ2v) is 14.5. The van der Waals surface area contributed by atoms with Gasteiger partial charge in [-0.2, -0.15) is 13.2 Å². The zero-order valence-electron chi connectivity index (χ0n) is 32.2. The van der Waals surface area contributed by atoms with Crippen LogP contribution in [0.1, 0.15) is 83.9 Å². The molecule has 8 heteroatoms. The summed E-state index contributed by atoms with van der Waals surface area (Å²) < 4.78 is 40.7. The minimum absolute atomic E-state index is 0. The Morgan fingerprint density at radius 1 is 0.759 bits per heavy atom. The van der Waals surface area contributed by atoms with Crippen molar-refractivity contribution in [2.45, 2.75) is 87.2 Å². The predicted molar refractivity (Wildman–Crippen MR) is 214 cm³/mol. The van der Waals surface area contributed by atoms with Crippen molar-refractivity contribution in [1.29, 1.82) is 0 Å². The molecule has 0 saturated carbocycles. The first-order valence-electron chi connectivity index (χ1n) is 18.3. The Labute approximate surface area is 330 Å². The number of aryl methyl sites for hydroxylation is 2. The molecule has 0 unspecified atom stereocenters. The molecule has 2 aromatic heterocycles. The van der Waals surface area contributed by atoms with Crippen molar-refractivity contribution in [3.63, 3.8) is 0 Å². The van der Waals surface area contributed by atoms with Gasteiger partial charge in [0.05, 0.1) is 22.6 Å². The number of fused-ring (bicyclic) bond motifs is 4. The summed E-state index contributed by atoms with van der Waals surface area (Å²) in [6, 6.07) is 25.7. The zero-order chi connectivity index (χ0) is 38.7. The van der Waals surface area contributed by atoms with Gasteiger partial charge < -0.3 is 10.1 Å². The van der Waals surface area contributed by atoms with Crippen molar-refractivity contribution < 1.29 is 43.2 Å². The Morgan fingerprint density at radius 3 is 2.06 bits per heavy atom. The largest absolute Gasteiger partial charge is 0.511 e. The molecule has 2 heterocycles. The second-order valence-electron chi connectivity index (χ2n) is 14.5. The van der Waals surface area contributed by atoms with E-state index in [1.54, 1.807) is 18.2 Å². The Hall–Kier alpha value is -4.39. The molecule has 285 valence electrons. The van der Waals surface area contributed by atoms with E-state index in [-0.39, 0.29) is 36.5 Å². The number of aliphatic hydroxyl groups excluding tert-OH is 1. The molecule has 0 amide bonds. The van der Waals surface area contributed by atoms with E-state index in [1.165, 1.54) is 12.3 Å². The first-order chi connectivity index (χ1) is 25.1. The molecule has 0 aliphatic carbocycles. The summed E-state index contributed by atoms with van der Waals surface area (Å²) in [5.74, 6) is 0.598. The third-order valence-corrected chi connectivity index (χ3v) is 11.2. The van der Waals surface area contributed by atoms with Gasteiger partial charge in [-0.15, -0.1) is 34.9 Å². The summed E-state index contributed by atoms with van der Waals surface area (Å²) in [5, 5.41) is 14.8. The number of nitrogens with zero attached hydrogens (tertiary/aromatic N) is 2. The van der Waals surface area contributed by atoms with E-state index in [4.69, 9.17) is 0 Å². The van der Waals surface area contributed by atoms with Crippen LogP contribution in [-0.4, -0.2) is 25.7 Å². The Morgan fingerprint density at radius 2 is 1.43 bits per heavy atom. The van der Waals surface area contributed by atoms with Crippen molar-refractivity contribution in [2.75, 3.05) is 0 Å². The number of rotatable bonds is 9. The van der Waals surface area contributed by atoms with E-state index in [1.807, 2.05) is 57.3 Å². The van der Waals surface area contributed by atoms with Crippen LogP contribution in [0.4, 0.5) is 13.2 Å². The molecular formula is C46H49F3IrN2O2. The smallest absolute Gasteiger partial charge is 0.418 e. The number of alkyl halides is 3.